The van der Waals surface area contributed by atoms with Crippen molar-refractivity contribution < 1.29 is 4.74 Å². The van der Waals surface area contributed by atoms with E-state index in [1.165, 1.54) is 18.4 Å². The summed E-state index contributed by atoms with van der Waals surface area (Å²) in [7, 11) is 1.75. The summed E-state index contributed by atoms with van der Waals surface area (Å²) in [4.78, 5) is 2.48. The summed E-state index contributed by atoms with van der Waals surface area (Å²) in [6, 6.07) is 10.6. The van der Waals surface area contributed by atoms with Crippen LogP contribution in [0.1, 0.15) is 18.4 Å². The molecule has 0 spiro atoms. The Morgan fingerprint density at radius 2 is 2.00 bits per heavy atom. The maximum Gasteiger partial charge on any atom is 0.0590 e. The molecule has 1 aromatic rings. The highest BCUT2D eigenvalue weighted by molar-refractivity contribution is 5.16. The fraction of sp³-hybridized carbons (Fsp3) is 0.571. The van der Waals surface area contributed by atoms with E-state index in [4.69, 9.17) is 10.5 Å². The summed E-state index contributed by atoms with van der Waals surface area (Å²) in [6.45, 7) is 3.46. The first kappa shape index (κ1) is 12.6. The Bertz CT molecular complexity index is 335. The van der Waals surface area contributed by atoms with Gasteiger partial charge in [0.1, 0.15) is 0 Å². The van der Waals surface area contributed by atoms with Crippen LogP contribution in [0, 0.1) is 0 Å². The first-order chi connectivity index (χ1) is 8.30. The molecule has 3 nitrogen and oxygen atoms in total. The molecule has 1 saturated carbocycles. The highest BCUT2D eigenvalue weighted by Crippen LogP contribution is 2.41. The van der Waals surface area contributed by atoms with Crippen LogP contribution in [0.25, 0.3) is 0 Å². The number of nitrogens with zero attached hydrogens (tertiary/aromatic N) is 1. The van der Waals surface area contributed by atoms with Gasteiger partial charge in [-0.05, 0) is 18.4 Å². The summed E-state index contributed by atoms with van der Waals surface area (Å²) < 4.78 is 5.19. The number of benzene rings is 1. The highest BCUT2D eigenvalue weighted by Gasteiger charge is 2.46. The number of methoxy groups -OCH3 is 1. The maximum absolute atomic E-state index is 5.91. The van der Waals surface area contributed by atoms with Gasteiger partial charge in [0.05, 0.1) is 6.61 Å². The number of rotatable bonds is 7. The van der Waals surface area contributed by atoms with Crippen LogP contribution in [0.4, 0.5) is 0 Å². The van der Waals surface area contributed by atoms with E-state index < -0.39 is 0 Å². The Morgan fingerprint density at radius 3 is 2.53 bits per heavy atom. The zero-order valence-corrected chi connectivity index (χ0v) is 10.6. The SMILES string of the molecule is COCCN(Cc1ccccc1)C1(CN)CC1. The normalized spacial score (nSPS) is 17.4. The van der Waals surface area contributed by atoms with Gasteiger partial charge in [-0.25, -0.2) is 0 Å². The zero-order chi connectivity index (χ0) is 12.1. The third kappa shape index (κ3) is 3.06. The second-order valence-corrected chi connectivity index (χ2v) is 4.83. The van der Waals surface area contributed by atoms with Crippen LogP contribution in [0.5, 0.6) is 0 Å². The molecule has 1 fully saturated rings. The molecule has 94 valence electrons. The van der Waals surface area contributed by atoms with E-state index in [-0.39, 0.29) is 5.54 Å². The van der Waals surface area contributed by atoms with Crippen molar-refractivity contribution >= 4 is 0 Å². The topological polar surface area (TPSA) is 38.5 Å². The molecule has 0 heterocycles. The Hall–Kier alpha value is -0.900. The number of hydrogen-bond acceptors (Lipinski definition) is 3. The molecule has 0 aromatic heterocycles. The predicted octanol–water partition coefficient (Wildman–Crippen LogP) is 1.63. The van der Waals surface area contributed by atoms with Crippen LogP contribution in [0.15, 0.2) is 30.3 Å². The molecule has 17 heavy (non-hydrogen) atoms. The van der Waals surface area contributed by atoms with Gasteiger partial charge in [0.15, 0.2) is 0 Å². The fourth-order valence-electron chi connectivity index (χ4n) is 2.28. The van der Waals surface area contributed by atoms with E-state index in [1.807, 2.05) is 0 Å². The van der Waals surface area contributed by atoms with E-state index >= 15 is 0 Å². The minimum absolute atomic E-state index is 0.244. The Labute approximate surface area is 104 Å². The van der Waals surface area contributed by atoms with E-state index in [9.17, 15) is 0 Å². The number of ether oxygens (including phenoxy) is 1. The van der Waals surface area contributed by atoms with Crippen molar-refractivity contribution in [1.29, 1.82) is 0 Å². The minimum Gasteiger partial charge on any atom is -0.383 e. The lowest BCUT2D eigenvalue weighted by atomic mass is 10.1. The van der Waals surface area contributed by atoms with Crippen LogP contribution < -0.4 is 5.73 Å². The summed E-state index contributed by atoms with van der Waals surface area (Å²) in [5.74, 6) is 0. The first-order valence-corrected chi connectivity index (χ1v) is 6.29. The van der Waals surface area contributed by atoms with E-state index in [1.54, 1.807) is 7.11 Å². The van der Waals surface area contributed by atoms with Gasteiger partial charge >= 0.3 is 0 Å². The molecule has 2 rings (SSSR count). The third-order valence-corrected chi connectivity index (χ3v) is 3.66. The largest absolute Gasteiger partial charge is 0.383 e. The third-order valence-electron chi connectivity index (χ3n) is 3.66. The van der Waals surface area contributed by atoms with Crippen molar-refractivity contribution in [1.82, 2.24) is 4.90 Å². The summed E-state index contributed by atoms with van der Waals surface area (Å²) >= 11 is 0. The van der Waals surface area contributed by atoms with Crippen molar-refractivity contribution in [2.24, 2.45) is 5.73 Å². The standard InChI is InChI=1S/C14H22N2O/c1-17-10-9-16(14(12-15)7-8-14)11-13-5-3-2-4-6-13/h2-6H,7-12,15H2,1H3. The molecule has 2 N–H and O–H groups in total. The van der Waals surface area contributed by atoms with E-state index in [0.29, 0.717) is 0 Å². The van der Waals surface area contributed by atoms with Crippen LogP contribution in [-0.2, 0) is 11.3 Å². The van der Waals surface area contributed by atoms with Crippen molar-refractivity contribution in [3.8, 4) is 0 Å². The second-order valence-electron chi connectivity index (χ2n) is 4.83. The van der Waals surface area contributed by atoms with Gasteiger partial charge in [-0.1, -0.05) is 30.3 Å². The smallest absolute Gasteiger partial charge is 0.0590 e. The monoisotopic (exact) mass is 234 g/mol. The lowest BCUT2D eigenvalue weighted by Crippen LogP contribution is -2.44. The number of hydrogen-bond donors (Lipinski definition) is 1. The van der Waals surface area contributed by atoms with Gasteiger partial charge < -0.3 is 10.5 Å². The van der Waals surface area contributed by atoms with Gasteiger partial charge in [-0.2, -0.15) is 0 Å². The lowest BCUT2D eigenvalue weighted by Gasteiger charge is -2.31. The van der Waals surface area contributed by atoms with Crippen LogP contribution in [-0.4, -0.2) is 37.2 Å². The average Bonchev–Trinajstić information content (AvgIpc) is 3.17. The van der Waals surface area contributed by atoms with E-state index in [0.717, 1.165) is 26.2 Å². The van der Waals surface area contributed by atoms with Gasteiger partial charge in [0.2, 0.25) is 0 Å². The predicted molar refractivity (Wildman–Crippen MR) is 69.7 cm³/mol. The Balaban J connectivity index is 2.01. The Morgan fingerprint density at radius 1 is 1.29 bits per heavy atom. The summed E-state index contributed by atoms with van der Waals surface area (Å²) in [5.41, 5.74) is 7.51. The molecule has 0 atom stereocenters. The number of nitrogens with two attached hydrogens (primary N) is 1. The van der Waals surface area contributed by atoms with Crippen LogP contribution in [0.2, 0.25) is 0 Å². The molecule has 0 saturated heterocycles. The molecule has 0 radical (unpaired) electrons. The van der Waals surface area contributed by atoms with Crippen molar-refractivity contribution in [3.63, 3.8) is 0 Å². The molecule has 1 aromatic carbocycles. The van der Waals surface area contributed by atoms with Crippen LogP contribution in [0.3, 0.4) is 0 Å². The zero-order valence-electron chi connectivity index (χ0n) is 10.6. The molecule has 0 aliphatic heterocycles. The molecular formula is C14H22N2O. The molecule has 3 heteroatoms. The van der Waals surface area contributed by atoms with Crippen LogP contribution >= 0.6 is 0 Å². The first-order valence-electron chi connectivity index (χ1n) is 6.29. The quantitative estimate of drug-likeness (QED) is 0.779. The molecule has 0 bridgehead atoms. The lowest BCUT2D eigenvalue weighted by molar-refractivity contribution is 0.106. The molecular weight excluding hydrogens is 212 g/mol. The van der Waals surface area contributed by atoms with Crippen molar-refractivity contribution in [2.45, 2.75) is 24.9 Å². The van der Waals surface area contributed by atoms with Gasteiger partial charge in [0, 0.05) is 32.3 Å². The molecule has 0 unspecified atom stereocenters. The minimum atomic E-state index is 0.244. The Kier molecular flexibility index (Phi) is 4.15. The van der Waals surface area contributed by atoms with Crippen molar-refractivity contribution in [2.75, 3.05) is 26.8 Å². The molecule has 1 aliphatic rings. The highest BCUT2D eigenvalue weighted by atomic mass is 16.5. The summed E-state index contributed by atoms with van der Waals surface area (Å²) in [6.07, 6.45) is 2.44. The van der Waals surface area contributed by atoms with Gasteiger partial charge in [-0.15, -0.1) is 0 Å². The maximum atomic E-state index is 5.91. The van der Waals surface area contributed by atoms with Gasteiger partial charge in [0.25, 0.3) is 0 Å². The summed E-state index contributed by atoms with van der Waals surface area (Å²) in [5, 5.41) is 0. The average molecular weight is 234 g/mol. The van der Waals surface area contributed by atoms with Gasteiger partial charge in [-0.3, -0.25) is 4.90 Å². The van der Waals surface area contributed by atoms with Crippen molar-refractivity contribution in [3.05, 3.63) is 35.9 Å². The fourth-order valence-corrected chi connectivity index (χ4v) is 2.28. The second kappa shape index (κ2) is 5.63. The van der Waals surface area contributed by atoms with E-state index in [2.05, 4.69) is 35.2 Å². The molecule has 1 aliphatic carbocycles. The molecule has 0 amide bonds.